The molecule has 5 nitrogen and oxygen atoms in total. The number of hydrogen-bond acceptors (Lipinski definition) is 4. The van der Waals surface area contributed by atoms with Crippen molar-refractivity contribution in [2.45, 2.75) is 39.0 Å². The van der Waals surface area contributed by atoms with Crippen molar-refractivity contribution in [1.29, 1.82) is 0 Å². The molecule has 6 heteroatoms. The topological polar surface area (TPSA) is 72.5 Å². The highest BCUT2D eigenvalue weighted by atomic mass is 32.2. The van der Waals surface area contributed by atoms with Gasteiger partial charge in [-0.2, -0.15) is 0 Å². The number of nitrogens with one attached hydrogen (secondary N) is 1. The highest BCUT2D eigenvalue weighted by molar-refractivity contribution is 7.89. The number of carbonyl (C=O) groups excluding carboxylic acids is 1. The molecule has 1 aromatic carbocycles. The lowest BCUT2D eigenvalue weighted by Crippen LogP contribution is -2.38. The van der Waals surface area contributed by atoms with Crippen molar-refractivity contribution in [3.63, 3.8) is 0 Å². The summed E-state index contributed by atoms with van der Waals surface area (Å²) in [5, 5.41) is 0. The maximum Gasteiger partial charge on any atom is 0.212 e. The Hall–Kier alpha value is -1.40. The molecule has 1 aliphatic rings. The number of Topliss-reactive ketones (excluding diaryl/α,β-unsaturated/α-hetero) is 1. The molecule has 0 atom stereocenters. The number of hydrogen-bond donors (Lipinski definition) is 1. The normalized spacial score (nSPS) is 17.1. The van der Waals surface area contributed by atoms with Gasteiger partial charge in [0.25, 0.3) is 0 Å². The quantitative estimate of drug-likeness (QED) is 0.789. The van der Waals surface area contributed by atoms with Crippen molar-refractivity contribution in [3.05, 3.63) is 29.8 Å². The highest BCUT2D eigenvalue weighted by Gasteiger charge is 2.35. The number of rotatable bonds is 8. The second-order valence-electron chi connectivity index (χ2n) is 6.43. The first-order valence-electron chi connectivity index (χ1n) is 7.98. The molecule has 1 aromatic rings. The molecule has 0 heterocycles. The van der Waals surface area contributed by atoms with E-state index in [1.165, 1.54) is 0 Å². The first kappa shape index (κ1) is 17.9. The summed E-state index contributed by atoms with van der Waals surface area (Å²) in [6.07, 6.45) is 4.22. The Labute approximate surface area is 138 Å². The summed E-state index contributed by atoms with van der Waals surface area (Å²) in [5.41, 5.74) is 0.573. The minimum Gasteiger partial charge on any atom is -0.497 e. The van der Waals surface area contributed by atoms with Gasteiger partial charge in [-0.1, -0.05) is 31.9 Å². The molecule has 0 aromatic heterocycles. The predicted octanol–water partition coefficient (Wildman–Crippen LogP) is 2.31. The van der Waals surface area contributed by atoms with Crippen LogP contribution in [0, 0.1) is 5.41 Å². The highest BCUT2D eigenvalue weighted by Crippen LogP contribution is 2.38. The van der Waals surface area contributed by atoms with E-state index in [0.29, 0.717) is 6.42 Å². The van der Waals surface area contributed by atoms with Crippen LogP contribution in [0.25, 0.3) is 0 Å². The van der Waals surface area contributed by atoms with Gasteiger partial charge in [0.15, 0.2) is 5.78 Å². The maximum absolute atomic E-state index is 12.2. The maximum atomic E-state index is 12.2. The average Bonchev–Trinajstić information content (AvgIpc) is 2.99. The number of benzene rings is 1. The number of carbonyl (C=O) groups is 1. The van der Waals surface area contributed by atoms with Crippen LogP contribution in [0.4, 0.5) is 0 Å². The van der Waals surface area contributed by atoms with Crippen molar-refractivity contribution >= 4 is 15.8 Å². The molecule has 2 rings (SSSR count). The smallest absolute Gasteiger partial charge is 0.212 e. The second kappa shape index (κ2) is 7.45. The third-order valence-electron chi connectivity index (χ3n) is 4.65. The first-order valence-corrected chi connectivity index (χ1v) is 9.63. The van der Waals surface area contributed by atoms with E-state index in [0.717, 1.165) is 37.0 Å². The summed E-state index contributed by atoms with van der Waals surface area (Å²) < 4.78 is 31.6. The summed E-state index contributed by atoms with van der Waals surface area (Å²) >= 11 is 0. The molecular formula is C17H25NO4S. The van der Waals surface area contributed by atoms with E-state index in [4.69, 9.17) is 4.74 Å². The van der Waals surface area contributed by atoms with Gasteiger partial charge >= 0.3 is 0 Å². The Morgan fingerprint density at radius 3 is 2.39 bits per heavy atom. The molecule has 1 saturated carbocycles. The van der Waals surface area contributed by atoms with Crippen molar-refractivity contribution < 1.29 is 17.9 Å². The Kier molecular flexibility index (Phi) is 5.81. The Morgan fingerprint density at radius 2 is 1.83 bits per heavy atom. The Bertz CT molecular complexity index is 631. The lowest BCUT2D eigenvalue weighted by Gasteiger charge is -2.21. The molecule has 1 aliphatic carbocycles. The van der Waals surface area contributed by atoms with Crippen LogP contribution in [0.3, 0.4) is 0 Å². The van der Waals surface area contributed by atoms with E-state index in [9.17, 15) is 13.2 Å². The third kappa shape index (κ3) is 5.04. The van der Waals surface area contributed by atoms with Crippen LogP contribution >= 0.6 is 0 Å². The minimum atomic E-state index is -3.45. The van der Waals surface area contributed by atoms with Crippen LogP contribution in [0.5, 0.6) is 5.75 Å². The average molecular weight is 339 g/mol. The monoisotopic (exact) mass is 339 g/mol. The van der Waals surface area contributed by atoms with Crippen molar-refractivity contribution in [2.24, 2.45) is 5.41 Å². The minimum absolute atomic E-state index is 0.00280. The van der Waals surface area contributed by atoms with Gasteiger partial charge in [-0.15, -0.1) is 0 Å². The van der Waals surface area contributed by atoms with Gasteiger partial charge in [-0.25, -0.2) is 13.1 Å². The van der Waals surface area contributed by atoms with Gasteiger partial charge in [-0.3, -0.25) is 4.79 Å². The van der Waals surface area contributed by atoms with E-state index >= 15 is 0 Å². The number of ketones is 1. The fourth-order valence-electron chi connectivity index (χ4n) is 2.94. The lowest BCUT2D eigenvalue weighted by molar-refractivity contribution is -0.126. The zero-order valence-electron chi connectivity index (χ0n) is 13.8. The summed E-state index contributed by atoms with van der Waals surface area (Å²) in [5.74, 6) is 0.719. The van der Waals surface area contributed by atoms with Gasteiger partial charge in [0, 0.05) is 5.41 Å². The molecule has 128 valence electrons. The molecule has 1 fully saturated rings. The fourth-order valence-corrected chi connectivity index (χ4v) is 3.94. The molecule has 0 amide bonds. The number of methoxy groups -OCH3 is 1. The SMILES string of the molecule is COc1ccc(CCS(=O)(=O)NCC(=O)C2(C)CCCC2)cc1. The second-order valence-corrected chi connectivity index (χ2v) is 8.36. The summed E-state index contributed by atoms with van der Waals surface area (Å²) in [4.78, 5) is 12.2. The van der Waals surface area contributed by atoms with Crippen LogP contribution in [0.15, 0.2) is 24.3 Å². The van der Waals surface area contributed by atoms with Gasteiger partial charge in [0.2, 0.25) is 10.0 Å². The predicted molar refractivity (Wildman–Crippen MR) is 90.1 cm³/mol. The van der Waals surface area contributed by atoms with Crippen molar-refractivity contribution in [1.82, 2.24) is 4.72 Å². The van der Waals surface area contributed by atoms with Gasteiger partial charge in [-0.05, 0) is 37.0 Å². The molecular weight excluding hydrogens is 314 g/mol. The number of aryl methyl sites for hydroxylation is 1. The molecule has 0 bridgehead atoms. The largest absolute Gasteiger partial charge is 0.497 e. The van der Waals surface area contributed by atoms with Crippen LogP contribution in [-0.4, -0.2) is 33.6 Å². The Balaban J connectivity index is 1.83. The van der Waals surface area contributed by atoms with E-state index in [2.05, 4.69) is 4.72 Å². The van der Waals surface area contributed by atoms with Gasteiger partial charge < -0.3 is 4.74 Å². The third-order valence-corrected chi connectivity index (χ3v) is 5.98. The van der Waals surface area contributed by atoms with E-state index in [1.807, 2.05) is 19.1 Å². The molecule has 0 aliphatic heterocycles. The van der Waals surface area contributed by atoms with Gasteiger partial charge in [0.1, 0.15) is 5.75 Å². The van der Waals surface area contributed by atoms with Crippen molar-refractivity contribution in [2.75, 3.05) is 19.4 Å². The lowest BCUT2D eigenvalue weighted by atomic mass is 9.84. The van der Waals surface area contributed by atoms with Crippen LogP contribution in [0.1, 0.15) is 38.2 Å². The standard InChI is InChI=1S/C17H25NO4S/c1-17(10-3-4-11-17)16(19)13-18-23(20,21)12-9-14-5-7-15(22-2)8-6-14/h5-8,18H,3-4,9-13H2,1-2H3. The molecule has 23 heavy (non-hydrogen) atoms. The number of ether oxygens (including phenoxy) is 1. The first-order chi connectivity index (χ1) is 10.8. The zero-order chi connectivity index (χ0) is 16.9. The van der Waals surface area contributed by atoms with E-state index in [1.54, 1.807) is 19.2 Å². The van der Waals surface area contributed by atoms with Crippen LogP contribution in [0.2, 0.25) is 0 Å². The van der Waals surface area contributed by atoms with E-state index < -0.39 is 10.0 Å². The molecule has 0 saturated heterocycles. The number of sulfonamides is 1. The van der Waals surface area contributed by atoms with E-state index in [-0.39, 0.29) is 23.5 Å². The summed E-state index contributed by atoms with van der Waals surface area (Å²) in [7, 11) is -1.86. The molecule has 1 N–H and O–H groups in total. The summed E-state index contributed by atoms with van der Waals surface area (Å²) in [6.45, 7) is 1.84. The Morgan fingerprint density at radius 1 is 1.22 bits per heavy atom. The van der Waals surface area contributed by atoms with Gasteiger partial charge in [0.05, 0.1) is 19.4 Å². The molecule has 0 unspecified atom stereocenters. The summed E-state index contributed by atoms with van der Waals surface area (Å²) in [6, 6.07) is 7.30. The van der Waals surface area contributed by atoms with Crippen molar-refractivity contribution in [3.8, 4) is 5.75 Å². The molecule has 0 radical (unpaired) electrons. The van der Waals surface area contributed by atoms with Crippen LogP contribution < -0.4 is 9.46 Å². The molecule has 0 spiro atoms. The fraction of sp³-hybridized carbons (Fsp3) is 0.588. The zero-order valence-corrected chi connectivity index (χ0v) is 14.6. The van der Waals surface area contributed by atoms with Crippen LogP contribution in [-0.2, 0) is 21.2 Å².